The van der Waals surface area contributed by atoms with Gasteiger partial charge in [0.15, 0.2) is 6.61 Å². The quantitative estimate of drug-likeness (QED) is 0.708. The Balaban J connectivity index is 1.49. The molecule has 1 unspecified atom stereocenters. The number of nitrogens with one attached hydrogen (secondary N) is 2. The molecule has 3 rings (SSSR count). The van der Waals surface area contributed by atoms with Crippen molar-refractivity contribution in [2.45, 2.75) is 12.8 Å². The molecule has 2 aromatic rings. The summed E-state index contributed by atoms with van der Waals surface area (Å²) in [5.41, 5.74) is 1.58. The molecular formula is C19H17BrN2O4. The number of anilines is 1. The van der Waals surface area contributed by atoms with Crippen LogP contribution in [0.1, 0.15) is 12.0 Å². The van der Waals surface area contributed by atoms with Crippen molar-refractivity contribution in [1.29, 1.82) is 0 Å². The van der Waals surface area contributed by atoms with Crippen LogP contribution in [0, 0.1) is 5.92 Å². The van der Waals surface area contributed by atoms with Crippen molar-refractivity contribution in [3.8, 4) is 5.75 Å². The van der Waals surface area contributed by atoms with Crippen LogP contribution < -0.4 is 15.4 Å². The molecular weight excluding hydrogens is 400 g/mol. The maximum absolute atomic E-state index is 12.0. The third kappa shape index (κ3) is 4.92. The molecule has 3 amide bonds. The third-order valence-electron chi connectivity index (χ3n) is 3.97. The van der Waals surface area contributed by atoms with Gasteiger partial charge < -0.3 is 10.1 Å². The zero-order chi connectivity index (χ0) is 18.5. The van der Waals surface area contributed by atoms with Crippen LogP contribution in [-0.2, 0) is 20.8 Å². The second kappa shape index (κ2) is 8.14. The highest BCUT2D eigenvalue weighted by Gasteiger charge is 2.30. The molecule has 0 spiro atoms. The first-order valence-electron chi connectivity index (χ1n) is 8.10. The summed E-state index contributed by atoms with van der Waals surface area (Å²) in [7, 11) is 0. The lowest BCUT2D eigenvalue weighted by atomic mass is 9.98. The predicted molar refractivity (Wildman–Crippen MR) is 99.7 cm³/mol. The lowest BCUT2D eigenvalue weighted by Crippen LogP contribution is -2.22. The molecule has 1 atom stereocenters. The highest BCUT2D eigenvalue weighted by Crippen LogP contribution is 2.19. The molecule has 6 nitrogen and oxygen atoms in total. The van der Waals surface area contributed by atoms with Gasteiger partial charge in [0.1, 0.15) is 5.75 Å². The van der Waals surface area contributed by atoms with Gasteiger partial charge in [-0.05, 0) is 48.4 Å². The maximum Gasteiger partial charge on any atom is 0.262 e. The fourth-order valence-corrected chi connectivity index (χ4v) is 2.92. The summed E-state index contributed by atoms with van der Waals surface area (Å²) in [5.74, 6) is -0.418. The number of ether oxygens (including phenoxy) is 1. The molecule has 0 aromatic heterocycles. The monoisotopic (exact) mass is 416 g/mol. The second-order valence-corrected chi connectivity index (χ2v) is 6.92. The summed E-state index contributed by atoms with van der Waals surface area (Å²) in [5, 5.41) is 5.06. The van der Waals surface area contributed by atoms with Crippen LogP contribution >= 0.6 is 15.9 Å². The molecule has 2 aromatic carbocycles. The summed E-state index contributed by atoms with van der Waals surface area (Å²) in [6.07, 6.45) is 0.725. The topological polar surface area (TPSA) is 84.5 Å². The Morgan fingerprint density at radius 1 is 1.12 bits per heavy atom. The number of imide groups is 1. The van der Waals surface area contributed by atoms with E-state index < -0.39 is 0 Å². The van der Waals surface area contributed by atoms with E-state index in [-0.39, 0.29) is 36.7 Å². The number of hydrogen-bond acceptors (Lipinski definition) is 4. The highest BCUT2D eigenvalue weighted by molar-refractivity contribution is 9.10. The van der Waals surface area contributed by atoms with Gasteiger partial charge in [0.25, 0.3) is 5.91 Å². The number of benzene rings is 2. The van der Waals surface area contributed by atoms with Gasteiger partial charge in [-0.25, -0.2) is 0 Å². The van der Waals surface area contributed by atoms with Gasteiger partial charge in [-0.3, -0.25) is 19.7 Å². The van der Waals surface area contributed by atoms with E-state index in [1.807, 2.05) is 24.3 Å². The first-order valence-corrected chi connectivity index (χ1v) is 8.90. The molecule has 0 aliphatic carbocycles. The molecule has 1 fully saturated rings. The van der Waals surface area contributed by atoms with Gasteiger partial charge >= 0.3 is 0 Å². The summed E-state index contributed by atoms with van der Waals surface area (Å²) in [4.78, 5) is 34.8. The van der Waals surface area contributed by atoms with Gasteiger partial charge in [0, 0.05) is 16.6 Å². The Hall–Kier alpha value is -2.67. The number of carbonyl (C=O) groups is 3. The van der Waals surface area contributed by atoms with E-state index in [1.165, 1.54) is 0 Å². The number of rotatable bonds is 6. The van der Waals surface area contributed by atoms with E-state index in [9.17, 15) is 14.4 Å². The second-order valence-electron chi connectivity index (χ2n) is 6.01. The Labute approximate surface area is 159 Å². The zero-order valence-corrected chi connectivity index (χ0v) is 15.4. The van der Waals surface area contributed by atoms with Crippen molar-refractivity contribution >= 4 is 39.3 Å². The fraction of sp³-hybridized carbons (Fsp3) is 0.211. The largest absolute Gasteiger partial charge is 0.484 e. The van der Waals surface area contributed by atoms with Gasteiger partial charge in [-0.2, -0.15) is 0 Å². The normalized spacial score (nSPS) is 16.3. The van der Waals surface area contributed by atoms with Crippen LogP contribution in [0.2, 0.25) is 0 Å². The summed E-state index contributed by atoms with van der Waals surface area (Å²) in [6, 6.07) is 14.4. The average Bonchev–Trinajstić information content (AvgIpc) is 2.93. The molecule has 1 aliphatic heterocycles. The van der Waals surface area contributed by atoms with Crippen molar-refractivity contribution in [1.82, 2.24) is 5.32 Å². The van der Waals surface area contributed by atoms with E-state index in [4.69, 9.17) is 4.74 Å². The number of amides is 3. The smallest absolute Gasteiger partial charge is 0.262 e. The number of hydrogen-bond donors (Lipinski definition) is 2. The Kier molecular flexibility index (Phi) is 5.68. The highest BCUT2D eigenvalue weighted by atomic mass is 79.9. The molecule has 1 aliphatic rings. The van der Waals surface area contributed by atoms with E-state index in [0.717, 1.165) is 10.0 Å². The van der Waals surface area contributed by atoms with Crippen LogP contribution in [0.25, 0.3) is 0 Å². The minimum absolute atomic E-state index is 0.0895. The van der Waals surface area contributed by atoms with Crippen LogP contribution in [0.5, 0.6) is 5.75 Å². The van der Waals surface area contributed by atoms with Crippen LogP contribution in [0.15, 0.2) is 53.0 Å². The Morgan fingerprint density at radius 3 is 2.42 bits per heavy atom. The first-order chi connectivity index (χ1) is 12.5. The minimum Gasteiger partial charge on any atom is -0.484 e. The summed E-state index contributed by atoms with van der Waals surface area (Å²) >= 11 is 3.34. The van der Waals surface area contributed by atoms with Gasteiger partial charge in [-0.1, -0.05) is 28.1 Å². The molecule has 0 saturated carbocycles. The molecule has 0 bridgehead atoms. The van der Waals surface area contributed by atoms with Crippen molar-refractivity contribution < 1.29 is 19.1 Å². The molecule has 2 N–H and O–H groups in total. The van der Waals surface area contributed by atoms with Crippen molar-refractivity contribution in [2.75, 3.05) is 11.9 Å². The maximum atomic E-state index is 12.0. The Bertz CT molecular complexity index is 818. The number of halogens is 1. The standard InChI is InChI=1S/C19H17BrN2O4/c20-14-3-7-16(8-4-14)26-11-18(24)21-15-5-1-12(2-6-15)9-13-10-17(23)22-19(13)25/h1-8,13H,9-11H2,(H,21,24)(H,22,23,25). The molecule has 0 radical (unpaired) electrons. The third-order valence-corrected chi connectivity index (χ3v) is 4.50. The Morgan fingerprint density at radius 2 is 1.81 bits per heavy atom. The van der Waals surface area contributed by atoms with Crippen molar-refractivity contribution in [2.24, 2.45) is 5.92 Å². The molecule has 1 saturated heterocycles. The van der Waals surface area contributed by atoms with Crippen molar-refractivity contribution in [3.05, 3.63) is 58.6 Å². The van der Waals surface area contributed by atoms with Crippen LogP contribution in [-0.4, -0.2) is 24.3 Å². The van der Waals surface area contributed by atoms with Gasteiger partial charge in [0.05, 0.1) is 5.92 Å². The van der Waals surface area contributed by atoms with E-state index in [1.54, 1.807) is 24.3 Å². The van der Waals surface area contributed by atoms with E-state index in [2.05, 4.69) is 26.6 Å². The van der Waals surface area contributed by atoms with Crippen LogP contribution in [0.4, 0.5) is 5.69 Å². The molecule has 26 heavy (non-hydrogen) atoms. The molecule has 1 heterocycles. The molecule has 7 heteroatoms. The summed E-state index contributed by atoms with van der Waals surface area (Å²) < 4.78 is 6.36. The van der Waals surface area contributed by atoms with E-state index in [0.29, 0.717) is 17.9 Å². The minimum atomic E-state index is -0.317. The van der Waals surface area contributed by atoms with Gasteiger partial charge in [-0.15, -0.1) is 0 Å². The summed E-state index contributed by atoms with van der Waals surface area (Å²) in [6.45, 7) is -0.0895. The number of carbonyl (C=O) groups excluding carboxylic acids is 3. The predicted octanol–water partition coefficient (Wildman–Crippen LogP) is 2.67. The lowest BCUT2D eigenvalue weighted by Gasteiger charge is -2.09. The first kappa shape index (κ1) is 18.1. The van der Waals surface area contributed by atoms with Crippen LogP contribution in [0.3, 0.4) is 0 Å². The SMILES string of the molecule is O=C1CC(Cc2ccc(NC(=O)COc3ccc(Br)cc3)cc2)C(=O)N1. The van der Waals surface area contributed by atoms with Crippen molar-refractivity contribution in [3.63, 3.8) is 0 Å². The van der Waals surface area contributed by atoms with E-state index >= 15 is 0 Å². The lowest BCUT2D eigenvalue weighted by molar-refractivity contribution is -0.125. The average molecular weight is 417 g/mol. The van der Waals surface area contributed by atoms with Gasteiger partial charge in [0.2, 0.25) is 11.8 Å². The fourth-order valence-electron chi connectivity index (χ4n) is 2.66. The molecule has 134 valence electrons. The zero-order valence-electron chi connectivity index (χ0n) is 13.8.